The molecule has 4 rings (SSSR count). The number of rotatable bonds is 15. The molecule has 3 aliphatic rings. The van der Waals surface area contributed by atoms with Crippen molar-refractivity contribution in [2.24, 2.45) is 23.7 Å². The van der Waals surface area contributed by atoms with Gasteiger partial charge in [0.15, 0.2) is 0 Å². The largest absolute Gasteiger partial charge is 0.465 e. The fourth-order valence-corrected chi connectivity index (χ4v) is 9.94. The van der Waals surface area contributed by atoms with Crippen LogP contribution in [0.3, 0.4) is 0 Å². The summed E-state index contributed by atoms with van der Waals surface area (Å²) in [6.45, 7) is 20.0. The van der Waals surface area contributed by atoms with Crippen LogP contribution in [0, 0.1) is 23.7 Å². The molecule has 1 aromatic rings. The lowest BCUT2D eigenvalue weighted by molar-refractivity contribution is -0.155. The number of esters is 1. The minimum atomic E-state index is -0.838. The van der Waals surface area contributed by atoms with E-state index in [9.17, 15) is 19.5 Å². The Morgan fingerprint density at radius 2 is 1.81 bits per heavy atom. The maximum absolute atomic E-state index is 15.0. The van der Waals surface area contributed by atoms with Gasteiger partial charge in [-0.1, -0.05) is 39.3 Å². The first-order valence-corrected chi connectivity index (χ1v) is 16.7. The number of benzene rings is 1. The van der Waals surface area contributed by atoms with Gasteiger partial charge in [-0.25, -0.2) is 0 Å². The molecule has 0 radical (unpaired) electrons. The fourth-order valence-electron chi connectivity index (χ4n) is 7.55. The van der Waals surface area contributed by atoms with Gasteiger partial charge in [0, 0.05) is 36.3 Å². The number of thioether (sulfide) groups is 1. The monoisotopic (exact) mass is 611 g/mol. The summed E-state index contributed by atoms with van der Waals surface area (Å²) >= 11 is 1.62. The second-order valence-corrected chi connectivity index (χ2v) is 13.7. The standard InChI is InChI=1S/C34H49N3O5S/c1-8-13-19-42-33(41)28-27-20-23(7)34(43-27)29(28)31(39)37(26(21-38)22(6)10-3)30(34)32(40)36(18-9-2)25-16-14-24(15-17-25)35(11-4)12-5/h8-9,14-17,22-23,26-30,38H,1-2,10-13,18-21H2,3-7H3/t22-,23?,26-,27-,28+,29-,30?,34?/m0/s1. The van der Waals surface area contributed by atoms with E-state index >= 15 is 0 Å². The van der Waals surface area contributed by atoms with Crippen molar-refractivity contribution in [1.82, 2.24) is 4.90 Å². The van der Waals surface area contributed by atoms with Gasteiger partial charge in [0.05, 0.1) is 35.8 Å². The van der Waals surface area contributed by atoms with E-state index in [2.05, 4.69) is 38.8 Å². The smallest absolute Gasteiger partial charge is 0.310 e. The Bertz CT molecular complexity index is 1190. The summed E-state index contributed by atoms with van der Waals surface area (Å²) < 4.78 is 4.84. The summed E-state index contributed by atoms with van der Waals surface area (Å²) in [7, 11) is 0. The third-order valence-corrected chi connectivity index (χ3v) is 12.0. The average molecular weight is 612 g/mol. The quantitative estimate of drug-likeness (QED) is 0.171. The Morgan fingerprint density at radius 1 is 1.16 bits per heavy atom. The van der Waals surface area contributed by atoms with Crippen LogP contribution in [-0.2, 0) is 19.1 Å². The van der Waals surface area contributed by atoms with Crippen molar-refractivity contribution >= 4 is 40.9 Å². The molecular formula is C34H49N3O5S. The Kier molecular flexibility index (Phi) is 10.7. The van der Waals surface area contributed by atoms with Crippen molar-refractivity contribution < 1.29 is 24.2 Å². The van der Waals surface area contributed by atoms with Crippen LogP contribution in [-0.4, -0.2) is 82.7 Å². The molecule has 8 atom stereocenters. The van der Waals surface area contributed by atoms with Crippen molar-refractivity contribution in [2.45, 2.75) is 76.0 Å². The average Bonchev–Trinajstić information content (AvgIpc) is 3.60. The van der Waals surface area contributed by atoms with Crippen molar-refractivity contribution in [3.8, 4) is 0 Å². The van der Waals surface area contributed by atoms with Crippen LogP contribution in [0.15, 0.2) is 49.6 Å². The number of amides is 2. The highest BCUT2D eigenvalue weighted by Crippen LogP contribution is 2.69. The van der Waals surface area contributed by atoms with Crippen LogP contribution < -0.4 is 9.80 Å². The van der Waals surface area contributed by atoms with E-state index in [0.717, 1.165) is 37.3 Å². The van der Waals surface area contributed by atoms with Gasteiger partial charge in [0.25, 0.3) is 5.91 Å². The number of fused-ring (bicyclic) bond motifs is 1. The molecule has 2 amide bonds. The highest BCUT2D eigenvalue weighted by atomic mass is 32.2. The molecule has 3 fully saturated rings. The van der Waals surface area contributed by atoms with Gasteiger partial charge in [-0.2, -0.15) is 0 Å². The van der Waals surface area contributed by atoms with Gasteiger partial charge in [0.2, 0.25) is 5.91 Å². The molecule has 0 aliphatic carbocycles. The number of aliphatic hydroxyl groups is 1. The second-order valence-electron chi connectivity index (χ2n) is 12.1. The number of nitrogens with zero attached hydrogens (tertiary/aromatic N) is 3. The van der Waals surface area contributed by atoms with Gasteiger partial charge in [-0.05, 0) is 62.8 Å². The molecule has 3 saturated heterocycles. The molecule has 3 unspecified atom stereocenters. The topological polar surface area (TPSA) is 90.4 Å². The molecular weight excluding hydrogens is 562 g/mol. The number of likely N-dealkylation sites (tertiary alicyclic amines) is 1. The first kappa shape index (κ1) is 33.1. The molecule has 8 nitrogen and oxygen atoms in total. The molecule has 0 aromatic heterocycles. The number of anilines is 2. The lowest BCUT2D eigenvalue weighted by Gasteiger charge is -2.43. The normalized spacial score (nSPS) is 28.7. The van der Waals surface area contributed by atoms with E-state index < -0.39 is 28.7 Å². The predicted molar refractivity (Wildman–Crippen MR) is 174 cm³/mol. The summed E-state index contributed by atoms with van der Waals surface area (Å²) in [5.74, 6) is -2.15. The van der Waals surface area contributed by atoms with Crippen molar-refractivity contribution in [2.75, 3.05) is 42.6 Å². The van der Waals surface area contributed by atoms with E-state index in [-0.39, 0.29) is 54.6 Å². The molecule has 3 aliphatic heterocycles. The summed E-state index contributed by atoms with van der Waals surface area (Å²) in [4.78, 5) is 48.7. The molecule has 2 bridgehead atoms. The minimum absolute atomic E-state index is 0.0134. The SMILES string of the molecule is C=CCCOC(=O)[C@@H]1[C@@H]2CC(C)C3(S2)C(C(=O)N(CC=C)c2ccc(N(CC)CC)cc2)N([C@@H](CO)[C@@H](C)CC)C(=O)[C@H]13. The summed E-state index contributed by atoms with van der Waals surface area (Å²) in [5, 5.41) is 10.6. The summed E-state index contributed by atoms with van der Waals surface area (Å²) in [6.07, 6.45) is 5.39. The number of hydrogen-bond donors (Lipinski definition) is 1. The minimum Gasteiger partial charge on any atom is -0.465 e. The third kappa shape index (κ3) is 5.63. The van der Waals surface area contributed by atoms with Gasteiger partial charge < -0.3 is 24.5 Å². The van der Waals surface area contributed by atoms with E-state index in [4.69, 9.17) is 4.74 Å². The zero-order valence-electron chi connectivity index (χ0n) is 26.4. The molecule has 43 heavy (non-hydrogen) atoms. The Morgan fingerprint density at radius 3 is 2.37 bits per heavy atom. The number of carbonyl (C=O) groups is 3. The van der Waals surface area contributed by atoms with Gasteiger partial charge in [-0.3, -0.25) is 14.4 Å². The second kappa shape index (κ2) is 13.9. The van der Waals surface area contributed by atoms with Crippen LogP contribution in [0.5, 0.6) is 0 Å². The van der Waals surface area contributed by atoms with E-state index in [0.29, 0.717) is 6.42 Å². The molecule has 9 heteroatoms. The highest BCUT2D eigenvalue weighted by Gasteiger charge is 2.77. The molecule has 236 valence electrons. The lowest BCUT2D eigenvalue weighted by atomic mass is 9.66. The first-order valence-electron chi connectivity index (χ1n) is 15.8. The first-order chi connectivity index (χ1) is 20.7. The molecule has 1 aromatic carbocycles. The van der Waals surface area contributed by atoms with E-state index in [1.165, 1.54) is 0 Å². The zero-order valence-corrected chi connectivity index (χ0v) is 27.2. The van der Waals surface area contributed by atoms with Crippen LogP contribution >= 0.6 is 11.8 Å². The van der Waals surface area contributed by atoms with E-state index in [1.54, 1.807) is 33.7 Å². The van der Waals surface area contributed by atoms with Crippen molar-refractivity contribution in [1.29, 1.82) is 0 Å². The van der Waals surface area contributed by atoms with Gasteiger partial charge in [0.1, 0.15) is 6.04 Å². The van der Waals surface area contributed by atoms with E-state index in [1.807, 2.05) is 38.1 Å². The maximum atomic E-state index is 15.0. The van der Waals surface area contributed by atoms with Crippen molar-refractivity contribution in [3.63, 3.8) is 0 Å². The number of aliphatic hydroxyl groups excluding tert-OH is 1. The predicted octanol–water partition coefficient (Wildman–Crippen LogP) is 4.92. The zero-order chi connectivity index (χ0) is 31.5. The highest BCUT2D eigenvalue weighted by molar-refractivity contribution is 8.02. The Labute approximate surface area is 261 Å². The summed E-state index contributed by atoms with van der Waals surface area (Å²) in [5.41, 5.74) is 1.80. The van der Waals surface area contributed by atoms with Gasteiger partial charge >= 0.3 is 5.97 Å². The Balaban J connectivity index is 1.81. The third-order valence-electron chi connectivity index (χ3n) is 9.97. The molecule has 1 N–H and O–H groups in total. The van der Waals surface area contributed by atoms with Crippen LogP contribution in [0.2, 0.25) is 0 Å². The van der Waals surface area contributed by atoms with Crippen LogP contribution in [0.1, 0.15) is 53.9 Å². The van der Waals surface area contributed by atoms with Crippen LogP contribution in [0.25, 0.3) is 0 Å². The number of carbonyl (C=O) groups excluding carboxylic acids is 3. The lowest BCUT2D eigenvalue weighted by Crippen LogP contribution is -2.60. The number of hydrogen-bond acceptors (Lipinski definition) is 7. The van der Waals surface area contributed by atoms with Crippen molar-refractivity contribution in [3.05, 3.63) is 49.6 Å². The maximum Gasteiger partial charge on any atom is 0.310 e. The van der Waals surface area contributed by atoms with Gasteiger partial charge in [-0.15, -0.1) is 24.9 Å². The Hall–Kier alpha value is -2.78. The molecule has 3 heterocycles. The number of ether oxygens (including phenoxy) is 1. The molecule has 1 spiro atoms. The molecule has 0 saturated carbocycles. The van der Waals surface area contributed by atoms with Crippen LogP contribution in [0.4, 0.5) is 11.4 Å². The summed E-state index contributed by atoms with van der Waals surface area (Å²) in [6, 6.07) is 6.56. The fraction of sp³-hybridized carbons (Fsp3) is 0.618.